The van der Waals surface area contributed by atoms with E-state index in [1.807, 2.05) is 0 Å². The van der Waals surface area contributed by atoms with Gasteiger partial charge in [-0.05, 0) is 49.4 Å². The second-order valence-corrected chi connectivity index (χ2v) is 4.92. The van der Waals surface area contributed by atoms with Gasteiger partial charge in [0.1, 0.15) is 0 Å². The molecule has 3 rings (SSSR count). The highest BCUT2D eigenvalue weighted by molar-refractivity contribution is 5.07. The molecule has 11 heavy (non-hydrogen) atoms. The van der Waals surface area contributed by atoms with Gasteiger partial charge in [0.25, 0.3) is 0 Å². The maximum Gasteiger partial charge on any atom is 0.0571 e. The molecule has 3 atom stereocenters. The van der Waals surface area contributed by atoms with E-state index in [1.165, 1.54) is 32.1 Å². The van der Waals surface area contributed by atoms with Crippen LogP contribution in [0.4, 0.5) is 0 Å². The number of fused-ring (bicyclic) bond motifs is 3. The van der Waals surface area contributed by atoms with Crippen molar-refractivity contribution in [2.45, 2.75) is 44.6 Å². The quantitative estimate of drug-likeness (QED) is 0.562. The van der Waals surface area contributed by atoms with Crippen LogP contribution in [0.25, 0.3) is 0 Å². The van der Waals surface area contributed by atoms with E-state index in [2.05, 4.69) is 0 Å². The smallest absolute Gasteiger partial charge is 0.0571 e. The zero-order valence-electron chi connectivity index (χ0n) is 6.92. The maximum atomic E-state index is 9.57. The molecule has 1 spiro atoms. The molecule has 1 heteroatoms. The van der Waals surface area contributed by atoms with E-state index in [9.17, 15) is 5.11 Å². The molecule has 0 saturated heterocycles. The van der Waals surface area contributed by atoms with Crippen LogP contribution in [0.2, 0.25) is 0 Å². The van der Waals surface area contributed by atoms with Gasteiger partial charge in [0.15, 0.2) is 0 Å². The Morgan fingerprint density at radius 1 is 1.18 bits per heavy atom. The average Bonchev–Trinajstić information content (AvgIpc) is 2.39. The van der Waals surface area contributed by atoms with Crippen LogP contribution in [-0.4, -0.2) is 11.2 Å². The van der Waals surface area contributed by atoms with E-state index >= 15 is 0 Å². The van der Waals surface area contributed by atoms with Crippen molar-refractivity contribution < 1.29 is 5.11 Å². The summed E-state index contributed by atoms with van der Waals surface area (Å²) in [7, 11) is 0. The molecule has 0 aromatic rings. The van der Waals surface area contributed by atoms with Crippen LogP contribution in [0.5, 0.6) is 0 Å². The first-order chi connectivity index (χ1) is 5.30. The zero-order chi connectivity index (χ0) is 7.47. The highest BCUT2D eigenvalue weighted by Crippen LogP contribution is 2.64. The SMILES string of the molecule is OC1CC2CC1CC21CCC1. The van der Waals surface area contributed by atoms with E-state index in [-0.39, 0.29) is 6.10 Å². The molecule has 1 N–H and O–H groups in total. The van der Waals surface area contributed by atoms with Gasteiger partial charge in [-0.3, -0.25) is 0 Å². The van der Waals surface area contributed by atoms with E-state index in [4.69, 9.17) is 0 Å². The summed E-state index contributed by atoms with van der Waals surface area (Å²) < 4.78 is 0. The third-order valence-corrected chi connectivity index (χ3v) is 4.54. The van der Waals surface area contributed by atoms with Crippen molar-refractivity contribution in [1.29, 1.82) is 0 Å². The van der Waals surface area contributed by atoms with Crippen LogP contribution in [0.3, 0.4) is 0 Å². The van der Waals surface area contributed by atoms with Gasteiger partial charge in [-0.2, -0.15) is 0 Å². The largest absolute Gasteiger partial charge is 0.393 e. The lowest BCUT2D eigenvalue weighted by atomic mass is 9.59. The fourth-order valence-corrected chi connectivity index (χ4v) is 3.75. The molecule has 0 aromatic heterocycles. The molecule has 3 aliphatic carbocycles. The Morgan fingerprint density at radius 2 is 2.00 bits per heavy atom. The van der Waals surface area contributed by atoms with E-state index in [1.54, 1.807) is 0 Å². The lowest BCUT2D eigenvalue weighted by molar-refractivity contribution is 0.00177. The Hall–Kier alpha value is -0.0400. The minimum Gasteiger partial charge on any atom is -0.393 e. The summed E-state index contributed by atoms with van der Waals surface area (Å²) >= 11 is 0. The lowest BCUT2D eigenvalue weighted by Gasteiger charge is -2.46. The standard InChI is InChI=1S/C10H16O/c11-9-5-8-4-7(9)6-10(8)2-1-3-10/h7-9,11H,1-6H2. The zero-order valence-corrected chi connectivity index (χ0v) is 6.92. The number of aliphatic hydroxyl groups is 1. The molecule has 3 aliphatic rings. The van der Waals surface area contributed by atoms with Gasteiger partial charge in [0.2, 0.25) is 0 Å². The summed E-state index contributed by atoms with van der Waals surface area (Å²) in [6.45, 7) is 0. The third kappa shape index (κ3) is 0.658. The predicted octanol–water partition coefficient (Wildman–Crippen LogP) is 1.95. The van der Waals surface area contributed by atoms with Crippen LogP contribution in [0.1, 0.15) is 38.5 Å². The van der Waals surface area contributed by atoms with Crippen molar-refractivity contribution in [3.8, 4) is 0 Å². The first kappa shape index (κ1) is 6.47. The van der Waals surface area contributed by atoms with Gasteiger partial charge in [-0.15, -0.1) is 0 Å². The molecule has 3 fully saturated rings. The topological polar surface area (TPSA) is 20.2 Å². The molecule has 0 heterocycles. The molecule has 0 amide bonds. The van der Waals surface area contributed by atoms with Crippen molar-refractivity contribution in [3.63, 3.8) is 0 Å². The van der Waals surface area contributed by atoms with Crippen LogP contribution in [0.15, 0.2) is 0 Å². The number of rotatable bonds is 0. The van der Waals surface area contributed by atoms with Gasteiger partial charge in [-0.25, -0.2) is 0 Å². The number of hydrogen-bond donors (Lipinski definition) is 1. The summed E-state index contributed by atoms with van der Waals surface area (Å²) in [5.41, 5.74) is 0.754. The van der Waals surface area contributed by atoms with E-state index < -0.39 is 0 Å². The molecular formula is C10H16O. The van der Waals surface area contributed by atoms with E-state index in [0.29, 0.717) is 5.92 Å². The Labute approximate surface area is 67.8 Å². The second kappa shape index (κ2) is 1.82. The summed E-state index contributed by atoms with van der Waals surface area (Å²) in [4.78, 5) is 0. The second-order valence-electron chi connectivity index (χ2n) is 4.92. The lowest BCUT2D eigenvalue weighted by Crippen LogP contribution is -2.38. The number of hydrogen-bond acceptors (Lipinski definition) is 1. The van der Waals surface area contributed by atoms with Gasteiger partial charge in [0, 0.05) is 0 Å². The van der Waals surface area contributed by atoms with E-state index in [0.717, 1.165) is 17.8 Å². The fourth-order valence-electron chi connectivity index (χ4n) is 3.75. The molecule has 1 nitrogen and oxygen atoms in total. The first-order valence-electron chi connectivity index (χ1n) is 4.98. The van der Waals surface area contributed by atoms with Gasteiger partial charge in [-0.1, -0.05) is 6.42 Å². The van der Waals surface area contributed by atoms with Crippen LogP contribution >= 0.6 is 0 Å². The Balaban J connectivity index is 1.85. The molecule has 0 aliphatic heterocycles. The Bertz CT molecular complexity index is 181. The minimum atomic E-state index is 0.0752. The molecular weight excluding hydrogens is 136 g/mol. The molecule has 2 bridgehead atoms. The van der Waals surface area contributed by atoms with Crippen molar-refractivity contribution in [1.82, 2.24) is 0 Å². The van der Waals surface area contributed by atoms with Crippen molar-refractivity contribution >= 4 is 0 Å². The van der Waals surface area contributed by atoms with Crippen LogP contribution in [-0.2, 0) is 0 Å². The monoisotopic (exact) mass is 152 g/mol. The normalized spacial score (nSPS) is 51.5. The van der Waals surface area contributed by atoms with Crippen molar-refractivity contribution in [3.05, 3.63) is 0 Å². The van der Waals surface area contributed by atoms with Crippen LogP contribution in [0, 0.1) is 17.3 Å². The molecule has 3 unspecified atom stereocenters. The summed E-state index contributed by atoms with van der Waals surface area (Å²) in [5.74, 6) is 1.61. The Morgan fingerprint density at radius 3 is 2.36 bits per heavy atom. The maximum absolute atomic E-state index is 9.57. The molecule has 0 aromatic carbocycles. The van der Waals surface area contributed by atoms with Gasteiger partial charge < -0.3 is 5.11 Å². The summed E-state index contributed by atoms with van der Waals surface area (Å²) in [6.07, 6.45) is 8.32. The van der Waals surface area contributed by atoms with Crippen LogP contribution < -0.4 is 0 Å². The van der Waals surface area contributed by atoms with Gasteiger partial charge >= 0.3 is 0 Å². The highest BCUT2D eigenvalue weighted by atomic mass is 16.3. The van der Waals surface area contributed by atoms with Crippen molar-refractivity contribution in [2.24, 2.45) is 17.3 Å². The predicted molar refractivity (Wildman–Crippen MR) is 43.1 cm³/mol. The molecule has 62 valence electrons. The third-order valence-electron chi connectivity index (χ3n) is 4.54. The summed E-state index contributed by atoms with van der Waals surface area (Å²) in [5, 5.41) is 9.57. The number of aliphatic hydroxyl groups excluding tert-OH is 1. The summed E-state index contributed by atoms with van der Waals surface area (Å²) in [6, 6.07) is 0. The minimum absolute atomic E-state index is 0.0752. The molecule has 3 saturated carbocycles. The Kier molecular flexibility index (Phi) is 1.07. The van der Waals surface area contributed by atoms with Crippen molar-refractivity contribution in [2.75, 3.05) is 0 Å². The highest BCUT2D eigenvalue weighted by Gasteiger charge is 2.56. The average molecular weight is 152 g/mol. The first-order valence-corrected chi connectivity index (χ1v) is 4.98. The fraction of sp³-hybridized carbons (Fsp3) is 1.00. The van der Waals surface area contributed by atoms with Gasteiger partial charge in [0.05, 0.1) is 6.10 Å². The molecule has 0 radical (unpaired) electrons.